The minimum Gasteiger partial charge on any atom is -0.352 e. The zero-order valence-electron chi connectivity index (χ0n) is 17.2. The van der Waals surface area contributed by atoms with Crippen LogP contribution >= 0.6 is 0 Å². The predicted octanol–water partition coefficient (Wildman–Crippen LogP) is 3.56. The lowest BCUT2D eigenvalue weighted by Gasteiger charge is -2.13. The lowest BCUT2D eigenvalue weighted by atomic mass is 10.1. The highest BCUT2D eigenvalue weighted by atomic mass is 32.2. The largest absolute Gasteiger partial charge is 0.352 e. The lowest BCUT2D eigenvalue weighted by Crippen LogP contribution is -2.27. The van der Waals surface area contributed by atoms with Gasteiger partial charge in [-0.15, -0.1) is 0 Å². The molecule has 0 aliphatic heterocycles. The zero-order chi connectivity index (χ0) is 22.7. The maximum atomic E-state index is 13.5. The van der Waals surface area contributed by atoms with E-state index in [1.165, 1.54) is 31.2 Å². The van der Waals surface area contributed by atoms with Gasteiger partial charge in [0.25, 0.3) is 15.9 Å². The van der Waals surface area contributed by atoms with Gasteiger partial charge in [0.1, 0.15) is 11.5 Å². The Morgan fingerprint density at radius 3 is 2.66 bits per heavy atom. The van der Waals surface area contributed by atoms with Crippen LogP contribution in [0, 0.1) is 12.7 Å². The fourth-order valence-corrected chi connectivity index (χ4v) is 4.43. The van der Waals surface area contributed by atoms with E-state index in [2.05, 4.69) is 15.0 Å². The molecule has 7 nitrogen and oxygen atoms in total. The number of anilines is 1. The smallest absolute Gasteiger partial charge is 0.261 e. The number of pyridine rings is 1. The van der Waals surface area contributed by atoms with Crippen molar-refractivity contribution >= 4 is 27.3 Å². The molecule has 164 valence electrons. The fourth-order valence-electron chi connectivity index (χ4n) is 3.27. The molecule has 4 rings (SSSR count). The number of amides is 1. The summed E-state index contributed by atoms with van der Waals surface area (Å²) in [6, 6.07) is 15.5. The van der Waals surface area contributed by atoms with Crippen LogP contribution in [0.4, 0.5) is 10.1 Å². The monoisotopic (exact) mass is 452 g/mol. The van der Waals surface area contributed by atoms with Crippen molar-refractivity contribution in [1.82, 2.24) is 14.7 Å². The summed E-state index contributed by atoms with van der Waals surface area (Å²) in [6.45, 7) is 1.82. The van der Waals surface area contributed by atoms with E-state index in [0.717, 1.165) is 17.4 Å². The van der Waals surface area contributed by atoms with Gasteiger partial charge in [0.15, 0.2) is 0 Å². The number of fused-ring (bicyclic) bond motifs is 1. The highest BCUT2D eigenvalue weighted by molar-refractivity contribution is 7.92. The number of aryl methyl sites for hydroxylation is 1. The molecule has 2 aromatic carbocycles. The average molecular weight is 453 g/mol. The second kappa shape index (κ2) is 8.80. The Labute approximate surface area is 185 Å². The number of imidazole rings is 1. The maximum absolute atomic E-state index is 13.5. The van der Waals surface area contributed by atoms with Gasteiger partial charge < -0.3 is 9.72 Å². The number of carbonyl (C=O) groups excluding carboxylic acids is 1. The molecule has 1 amide bonds. The number of carbonyl (C=O) groups is 1. The van der Waals surface area contributed by atoms with Crippen molar-refractivity contribution in [2.75, 3.05) is 11.3 Å². The van der Waals surface area contributed by atoms with Crippen molar-refractivity contribution in [3.8, 4) is 0 Å². The van der Waals surface area contributed by atoms with E-state index in [1.807, 2.05) is 35.0 Å². The quantitative estimate of drug-likeness (QED) is 0.449. The predicted molar refractivity (Wildman–Crippen MR) is 120 cm³/mol. The number of nitrogens with one attached hydrogen (secondary N) is 2. The van der Waals surface area contributed by atoms with Crippen molar-refractivity contribution in [2.24, 2.45) is 0 Å². The molecule has 4 aromatic rings. The van der Waals surface area contributed by atoms with Gasteiger partial charge in [0, 0.05) is 25.4 Å². The number of benzene rings is 2. The number of aromatic nitrogens is 2. The van der Waals surface area contributed by atoms with E-state index in [0.29, 0.717) is 13.0 Å². The molecule has 2 heterocycles. The molecule has 0 fully saturated rings. The van der Waals surface area contributed by atoms with Crippen LogP contribution < -0.4 is 10.0 Å². The highest BCUT2D eigenvalue weighted by Gasteiger charge is 2.19. The third kappa shape index (κ3) is 4.62. The zero-order valence-corrected chi connectivity index (χ0v) is 18.1. The summed E-state index contributed by atoms with van der Waals surface area (Å²) in [5.41, 5.74) is 2.19. The fraction of sp³-hybridized carbons (Fsp3) is 0.130. The number of rotatable bonds is 7. The van der Waals surface area contributed by atoms with E-state index < -0.39 is 21.7 Å². The summed E-state index contributed by atoms with van der Waals surface area (Å²) in [4.78, 5) is 17.1. The topological polar surface area (TPSA) is 92.6 Å². The van der Waals surface area contributed by atoms with Gasteiger partial charge in [0.2, 0.25) is 0 Å². The van der Waals surface area contributed by atoms with Crippen LogP contribution in [0.15, 0.2) is 78.0 Å². The van der Waals surface area contributed by atoms with Crippen LogP contribution in [0.2, 0.25) is 0 Å². The minimum atomic E-state index is -4.00. The molecule has 2 aromatic heterocycles. The number of nitrogens with zero attached hydrogens (tertiary/aromatic N) is 2. The Bertz CT molecular complexity index is 1370. The standard InChI is InChI=1S/C23H21FN4O3S/c1-16-14-18(9-10-20(16)24)32(30,31)27-21-7-3-2-6-19(21)23(29)25-12-11-17-15-28-13-5-4-8-22(28)26-17/h2-10,13-15,27H,11-12H2,1H3,(H,25,29). The molecule has 0 radical (unpaired) electrons. The molecule has 0 saturated carbocycles. The van der Waals surface area contributed by atoms with E-state index in [9.17, 15) is 17.6 Å². The van der Waals surface area contributed by atoms with Gasteiger partial charge in [-0.3, -0.25) is 9.52 Å². The van der Waals surface area contributed by atoms with Gasteiger partial charge in [0.05, 0.1) is 21.8 Å². The molecule has 9 heteroatoms. The van der Waals surface area contributed by atoms with Crippen molar-refractivity contribution in [3.05, 3.63) is 95.7 Å². The van der Waals surface area contributed by atoms with Gasteiger partial charge in [-0.1, -0.05) is 18.2 Å². The first-order valence-electron chi connectivity index (χ1n) is 9.92. The van der Waals surface area contributed by atoms with E-state index >= 15 is 0 Å². The third-order valence-electron chi connectivity index (χ3n) is 4.94. The summed E-state index contributed by atoms with van der Waals surface area (Å²) < 4.78 is 43.3. The van der Waals surface area contributed by atoms with Crippen LogP contribution in [0.3, 0.4) is 0 Å². The molecular formula is C23H21FN4O3S. The molecule has 0 aliphatic rings. The first-order valence-corrected chi connectivity index (χ1v) is 11.4. The summed E-state index contributed by atoms with van der Waals surface area (Å²) in [7, 11) is -4.00. The molecule has 0 spiro atoms. The number of sulfonamides is 1. The maximum Gasteiger partial charge on any atom is 0.261 e. The first kappa shape index (κ1) is 21.5. The van der Waals surface area contributed by atoms with Crippen molar-refractivity contribution < 1.29 is 17.6 Å². The van der Waals surface area contributed by atoms with Crippen LogP contribution in [-0.2, 0) is 16.4 Å². The third-order valence-corrected chi connectivity index (χ3v) is 6.30. The van der Waals surface area contributed by atoms with Crippen molar-refractivity contribution in [3.63, 3.8) is 0 Å². The number of hydrogen-bond acceptors (Lipinski definition) is 4. The summed E-state index contributed by atoms with van der Waals surface area (Å²) in [6.07, 6.45) is 4.32. The van der Waals surface area contributed by atoms with Gasteiger partial charge in [-0.2, -0.15) is 0 Å². The molecule has 0 saturated heterocycles. The average Bonchev–Trinajstić information content (AvgIpc) is 3.18. The molecule has 0 bridgehead atoms. The second-order valence-corrected chi connectivity index (χ2v) is 8.95. The van der Waals surface area contributed by atoms with Gasteiger partial charge in [-0.05, 0) is 55.0 Å². The molecule has 0 aliphatic carbocycles. The number of halogens is 1. The van der Waals surface area contributed by atoms with E-state index in [4.69, 9.17) is 0 Å². The SMILES string of the molecule is Cc1cc(S(=O)(=O)Nc2ccccc2C(=O)NCCc2cn3ccccc3n2)ccc1F. The number of para-hydroxylation sites is 1. The second-order valence-electron chi connectivity index (χ2n) is 7.27. The van der Waals surface area contributed by atoms with E-state index in [1.54, 1.807) is 12.1 Å². The minimum absolute atomic E-state index is 0.0848. The first-order chi connectivity index (χ1) is 15.3. The Balaban J connectivity index is 1.46. The van der Waals surface area contributed by atoms with Gasteiger partial charge >= 0.3 is 0 Å². The van der Waals surface area contributed by atoms with Crippen molar-refractivity contribution in [2.45, 2.75) is 18.2 Å². The van der Waals surface area contributed by atoms with Crippen LogP contribution in [-0.4, -0.2) is 30.3 Å². The van der Waals surface area contributed by atoms with Crippen LogP contribution in [0.5, 0.6) is 0 Å². The molecule has 0 unspecified atom stereocenters. The number of hydrogen-bond donors (Lipinski definition) is 2. The summed E-state index contributed by atoms with van der Waals surface area (Å²) in [5.74, 6) is -0.906. The summed E-state index contributed by atoms with van der Waals surface area (Å²) in [5, 5.41) is 2.80. The van der Waals surface area contributed by atoms with Crippen LogP contribution in [0.1, 0.15) is 21.6 Å². The Hall–Kier alpha value is -3.72. The Morgan fingerprint density at radius 1 is 1.09 bits per heavy atom. The van der Waals surface area contributed by atoms with E-state index in [-0.39, 0.29) is 21.7 Å². The summed E-state index contributed by atoms with van der Waals surface area (Å²) >= 11 is 0. The Kier molecular flexibility index (Phi) is 5.91. The molecule has 2 N–H and O–H groups in total. The molecule has 32 heavy (non-hydrogen) atoms. The highest BCUT2D eigenvalue weighted by Crippen LogP contribution is 2.21. The lowest BCUT2D eigenvalue weighted by molar-refractivity contribution is 0.0955. The van der Waals surface area contributed by atoms with Crippen LogP contribution in [0.25, 0.3) is 5.65 Å². The Morgan fingerprint density at radius 2 is 1.88 bits per heavy atom. The normalized spacial score (nSPS) is 11.4. The molecule has 0 atom stereocenters. The van der Waals surface area contributed by atoms with Gasteiger partial charge in [-0.25, -0.2) is 17.8 Å². The van der Waals surface area contributed by atoms with Crippen molar-refractivity contribution in [1.29, 1.82) is 0 Å². The molecular weight excluding hydrogens is 431 g/mol.